The molecule has 0 spiro atoms. The third-order valence-electron chi connectivity index (χ3n) is 5.84. The number of aromatic nitrogens is 2. The van der Waals surface area contributed by atoms with Crippen molar-refractivity contribution in [3.05, 3.63) is 53.9 Å². The first-order valence-electron chi connectivity index (χ1n) is 11.2. The number of amides is 1. The van der Waals surface area contributed by atoms with E-state index in [2.05, 4.69) is 46.5 Å². The van der Waals surface area contributed by atoms with E-state index in [0.717, 1.165) is 45.0 Å². The molecule has 166 valence electrons. The van der Waals surface area contributed by atoms with Crippen molar-refractivity contribution >= 4 is 11.9 Å². The van der Waals surface area contributed by atoms with E-state index in [-0.39, 0.29) is 12.0 Å². The third kappa shape index (κ3) is 5.44. The molecule has 3 heterocycles. The molecule has 1 aromatic heterocycles. The molecule has 2 saturated heterocycles. The smallest absolute Gasteiger partial charge is 0.251 e. The van der Waals surface area contributed by atoms with Crippen LogP contribution in [0, 0.1) is 0 Å². The van der Waals surface area contributed by atoms with Crippen molar-refractivity contribution in [2.75, 3.05) is 39.3 Å². The number of guanidine groups is 1. The second-order valence-corrected chi connectivity index (χ2v) is 7.96. The zero-order valence-corrected chi connectivity index (χ0v) is 18.2. The van der Waals surface area contributed by atoms with E-state index in [1.54, 1.807) is 6.20 Å². The summed E-state index contributed by atoms with van der Waals surface area (Å²) >= 11 is 0. The van der Waals surface area contributed by atoms with Gasteiger partial charge in [-0.25, -0.2) is 4.99 Å². The molecule has 2 aromatic rings. The van der Waals surface area contributed by atoms with Gasteiger partial charge in [-0.1, -0.05) is 24.3 Å². The SMILES string of the molecule is CCNC(=NCc1ccccc1Cn1cccn1)N1CCN(C(=O)C2CCCO2)CC1. The third-order valence-corrected chi connectivity index (χ3v) is 5.84. The van der Waals surface area contributed by atoms with Crippen LogP contribution in [0.5, 0.6) is 0 Å². The number of carbonyl (C=O) groups is 1. The first-order chi connectivity index (χ1) is 15.2. The number of hydrogen-bond donors (Lipinski definition) is 1. The van der Waals surface area contributed by atoms with Crippen molar-refractivity contribution < 1.29 is 9.53 Å². The number of hydrogen-bond acceptors (Lipinski definition) is 4. The molecule has 0 bridgehead atoms. The molecular weight excluding hydrogens is 392 g/mol. The number of ether oxygens (including phenoxy) is 1. The van der Waals surface area contributed by atoms with Crippen molar-refractivity contribution in [2.45, 2.75) is 39.0 Å². The van der Waals surface area contributed by atoms with Gasteiger partial charge in [0, 0.05) is 51.7 Å². The largest absolute Gasteiger partial charge is 0.368 e. The van der Waals surface area contributed by atoms with E-state index < -0.39 is 0 Å². The fraction of sp³-hybridized carbons (Fsp3) is 0.522. The summed E-state index contributed by atoms with van der Waals surface area (Å²) in [4.78, 5) is 21.7. The molecule has 0 saturated carbocycles. The summed E-state index contributed by atoms with van der Waals surface area (Å²) in [7, 11) is 0. The minimum Gasteiger partial charge on any atom is -0.368 e. The summed E-state index contributed by atoms with van der Waals surface area (Å²) in [6, 6.07) is 10.3. The molecule has 2 aliphatic heterocycles. The highest BCUT2D eigenvalue weighted by molar-refractivity contribution is 5.82. The van der Waals surface area contributed by atoms with Gasteiger partial charge < -0.3 is 19.9 Å². The monoisotopic (exact) mass is 424 g/mol. The van der Waals surface area contributed by atoms with Gasteiger partial charge in [0.1, 0.15) is 6.10 Å². The molecule has 0 aliphatic carbocycles. The van der Waals surface area contributed by atoms with Crippen LogP contribution in [0.3, 0.4) is 0 Å². The van der Waals surface area contributed by atoms with Crippen molar-refractivity contribution in [3.63, 3.8) is 0 Å². The highest BCUT2D eigenvalue weighted by atomic mass is 16.5. The van der Waals surface area contributed by atoms with Gasteiger partial charge in [-0.3, -0.25) is 9.48 Å². The van der Waals surface area contributed by atoms with Crippen LogP contribution in [0.15, 0.2) is 47.7 Å². The summed E-state index contributed by atoms with van der Waals surface area (Å²) in [5.41, 5.74) is 2.42. The Morgan fingerprint density at radius 3 is 2.61 bits per heavy atom. The first-order valence-corrected chi connectivity index (χ1v) is 11.2. The fourth-order valence-corrected chi connectivity index (χ4v) is 4.14. The van der Waals surface area contributed by atoms with Gasteiger partial charge in [0.15, 0.2) is 5.96 Å². The Kier molecular flexibility index (Phi) is 7.19. The van der Waals surface area contributed by atoms with E-state index in [4.69, 9.17) is 9.73 Å². The zero-order valence-electron chi connectivity index (χ0n) is 18.2. The number of nitrogens with zero attached hydrogens (tertiary/aromatic N) is 5. The number of nitrogens with one attached hydrogen (secondary N) is 1. The van der Waals surface area contributed by atoms with Gasteiger partial charge in [-0.2, -0.15) is 5.10 Å². The standard InChI is InChI=1S/C23H32N6O2/c1-2-24-23(28-14-12-27(13-15-28)22(30)21-9-5-16-31-21)25-17-19-7-3-4-8-20(19)18-29-11-6-10-26-29/h3-4,6-8,10-11,21H,2,5,9,12-18H2,1H3,(H,24,25). The van der Waals surface area contributed by atoms with Crippen molar-refractivity contribution in [3.8, 4) is 0 Å². The number of rotatable bonds is 6. The van der Waals surface area contributed by atoms with Gasteiger partial charge in [0.25, 0.3) is 5.91 Å². The lowest BCUT2D eigenvalue weighted by Crippen LogP contribution is -2.55. The Morgan fingerprint density at radius 2 is 1.94 bits per heavy atom. The van der Waals surface area contributed by atoms with Crippen LogP contribution in [0.2, 0.25) is 0 Å². The summed E-state index contributed by atoms with van der Waals surface area (Å²) in [6.07, 6.45) is 5.37. The van der Waals surface area contributed by atoms with Crippen molar-refractivity contribution in [1.82, 2.24) is 24.9 Å². The average molecular weight is 425 g/mol. The van der Waals surface area contributed by atoms with Gasteiger partial charge in [0.2, 0.25) is 0 Å². The van der Waals surface area contributed by atoms with Crippen LogP contribution in [-0.4, -0.2) is 76.9 Å². The molecule has 4 rings (SSSR count). The predicted molar refractivity (Wildman–Crippen MR) is 120 cm³/mol. The number of piperazine rings is 1. The van der Waals surface area contributed by atoms with E-state index in [1.165, 1.54) is 11.1 Å². The van der Waals surface area contributed by atoms with Crippen LogP contribution in [-0.2, 0) is 22.6 Å². The maximum atomic E-state index is 12.6. The lowest BCUT2D eigenvalue weighted by molar-refractivity contribution is -0.142. The fourth-order valence-electron chi connectivity index (χ4n) is 4.14. The molecule has 8 heteroatoms. The van der Waals surface area contributed by atoms with Gasteiger partial charge in [-0.05, 0) is 37.0 Å². The van der Waals surface area contributed by atoms with E-state index in [9.17, 15) is 4.79 Å². The molecule has 2 fully saturated rings. The summed E-state index contributed by atoms with van der Waals surface area (Å²) in [5.74, 6) is 1.05. The van der Waals surface area contributed by atoms with E-state index in [1.807, 2.05) is 21.8 Å². The van der Waals surface area contributed by atoms with Crippen LogP contribution < -0.4 is 5.32 Å². The number of aliphatic imine (C=N–C) groups is 1. The van der Waals surface area contributed by atoms with Gasteiger partial charge >= 0.3 is 0 Å². The summed E-state index contributed by atoms with van der Waals surface area (Å²) in [5, 5.41) is 7.74. The van der Waals surface area contributed by atoms with Crippen molar-refractivity contribution in [1.29, 1.82) is 0 Å². The summed E-state index contributed by atoms with van der Waals surface area (Å²) < 4.78 is 7.50. The number of benzene rings is 1. The first kappa shape index (κ1) is 21.4. The molecule has 1 atom stereocenters. The topological polar surface area (TPSA) is 75.0 Å². The second-order valence-electron chi connectivity index (χ2n) is 7.96. The minimum absolute atomic E-state index is 0.145. The van der Waals surface area contributed by atoms with E-state index >= 15 is 0 Å². The number of carbonyl (C=O) groups excluding carboxylic acids is 1. The molecule has 1 N–H and O–H groups in total. The van der Waals surface area contributed by atoms with Crippen LogP contribution in [0.25, 0.3) is 0 Å². The average Bonchev–Trinajstić information content (AvgIpc) is 3.52. The Hall–Kier alpha value is -2.87. The van der Waals surface area contributed by atoms with Gasteiger partial charge in [0.05, 0.1) is 13.1 Å². The zero-order chi connectivity index (χ0) is 21.5. The maximum absolute atomic E-state index is 12.6. The molecule has 1 unspecified atom stereocenters. The minimum atomic E-state index is -0.236. The predicted octanol–water partition coefficient (Wildman–Crippen LogP) is 1.72. The van der Waals surface area contributed by atoms with Crippen LogP contribution in [0.1, 0.15) is 30.9 Å². The molecule has 8 nitrogen and oxygen atoms in total. The lowest BCUT2D eigenvalue weighted by atomic mass is 10.1. The van der Waals surface area contributed by atoms with E-state index in [0.29, 0.717) is 26.2 Å². The second kappa shape index (κ2) is 10.4. The Morgan fingerprint density at radius 1 is 1.16 bits per heavy atom. The molecule has 31 heavy (non-hydrogen) atoms. The molecular formula is C23H32N6O2. The highest BCUT2D eigenvalue weighted by Crippen LogP contribution is 2.16. The molecule has 0 radical (unpaired) electrons. The Labute approximate surface area is 183 Å². The maximum Gasteiger partial charge on any atom is 0.251 e. The quantitative estimate of drug-likeness (QED) is 0.565. The molecule has 1 amide bonds. The molecule has 2 aliphatic rings. The van der Waals surface area contributed by atoms with Crippen LogP contribution >= 0.6 is 0 Å². The Bertz CT molecular complexity index is 868. The van der Waals surface area contributed by atoms with Crippen LogP contribution in [0.4, 0.5) is 0 Å². The van der Waals surface area contributed by atoms with Gasteiger partial charge in [-0.15, -0.1) is 0 Å². The summed E-state index contributed by atoms with van der Waals surface area (Å²) in [6.45, 7) is 7.90. The highest BCUT2D eigenvalue weighted by Gasteiger charge is 2.30. The Balaban J connectivity index is 1.38. The molecule has 1 aromatic carbocycles. The lowest BCUT2D eigenvalue weighted by Gasteiger charge is -2.37. The normalized spacial score (nSPS) is 19.6. The van der Waals surface area contributed by atoms with Crippen molar-refractivity contribution in [2.24, 2.45) is 4.99 Å².